The number of carboxylic acid groups (broad SMARTS) is 1. The lowest BCUT2D eigenvalue weighted by atomic mass is 9.92. The molecule has 1 aromatic heterocycles. The van der Waals surface area contributed by atoms with Crippen LogP contribution in [0.4, 0.5) is 0 Å². The van der Waals surface area contributed by atoms with E-state index in [0.717, 1.165) is 56.4 Å². The maximum Gasteiger partial charge on any atom is 0.310 e. The van der Waals surface area contributed by atoms with Crippen molar-refractivity contribution in [3.63, 3.8) is 0 Å². The summed E-state index contributed by atoms with van der Waals surface area (Å²) >= 11 is 0. The second-order valence-electron chi connectivity index (χ2n) is 9.19. The molecule has 1 unspecified atom stereocenters. The van der Waals surface area contributed by atoms with Crippen LogP contribution in [0, 0.1) is 0 Å². The van der Waals surface area contributed by atoms with E-state index in [1.165, 1.54) is 38.5 Å². The van der Waals surface area contributed by atoms with Gasteiger partial charge in [-0.1, -0.05) is 89.5 Å². The van der Waals surface area contributed by atoms with E-state index in [-0.39, 0.29) is 0 Å². The van der Waals surface area contributed by atoms with Gasteiger partial charge in [0.25, 0.3) is 0 Å². The van der Waals surface area contributed by atoms with Gasteiger partial charge in [-0.05, 0) is 31.2 Å². The minimum atomic E-state index is -0.760. The highest BCUT2D eigenvalue weighted by Gasteiger charge is 2.19. The van der Waals surface area contributed by atoms with E-state index >= 15 is 0 Å². The van der Waals surface area contributed by atoms with Crippen molar-refractivity contribution in [2.75, 3.05) is 19.8 Å². The number of hydrogen-bond acceptors (Lipinski definition) is 5. The van der Waals surface area contributed by atoms with Crippen LogP contribution >= 0.6 is 0 Å². The zero-order chi connectivity index (χ0) is 25.1. The third-order valence-electron chi connectivity index (χ3n) is 6.19. The van der Waals surface area contributed by atoms with Crippen molar-refractivity contribution >= 4 is 5.97 Å². The zero-order valence-electron chi connectivity index (χ0n) is 21.7. The van der Waals surface area contributed by atoms with Crippen LogP contribution in [-0.4, -0.2) is 40.9 Å². The molecule has 0 bridgehead atoms. The summed E-state index contributed by atoms with van der Waals surface area (Å²) in [6, 6.07) is 7.58. The van der Waals surface area contributed by atoms with Gasteiger partial charge in [-0.15, -0.1) is 0 Å². The van der Waals surface area contributed by atoms with Gasteiger partial charge >= 0.3 is 5.97 Å². The van der Waals surface area contributed by atoms with E-state index < -0.39 is 11.9 Å². The summed E-state index contributed by atoms with van der Waals surface area (Å²) in [5, 5.41) is 9.67. The van der Waals surface area contributed by atoms with Crippen LogP contribution in [0.5, 0.6) is 5.75 Å². The second kappa shape index (κ2) is 17.9. The highest BCUT2D eigenvalue weighted by atomic mass is 16.5. The molecule has 0 aliphatic heterocycles. The van der Waals surface area contributed by atoms with Gasteiger partial charge in [-0.2, -0.15) is 0 Å². The molecule has 0 aliphatic carbocycles. The fourth-order valence-electron chi connectivity index (χ4n) is 4.02. The number of carboxylic acids is 1. The highest BCUT2D eigenvalue weighted by molar-refractivity contribution is 5.76. The van der Waals surface area contributed by atoms with Crippen molar-refractivity contribution < 1.29 is 19.4 Å². The normalized spacial score (nSPS) is 11.9. The van der Waals surface area contributed by atoms with Crippen LogP contribution in [0.15, 0.2) is 36.7 Å². The Morgan fingerprint density at radius 1 is 0.800 bits per heavy atom. The second-order valence-corrected chi connectivity index (χ2v) is 9.19. The monoisotopic (exact) mass is 484 g/mol. The molecule has 35 heavy (non-hydrogen) atoms. The molecule has 1 atom stereocenters. The molecule has 6 heteroatoms. The Balaban J connectivity index is 1.73. The molecule has 1 aromatic carbocycles. The first-order valence-corrected chi connectivity index (χ1v) is 13.5. The molecule has 194 valence electrons. The highest BCUT2D eigenvalue weighted by Crippen LogP contribution is 2.26. The number of aliphatic carboxylic acids is 1. The number of nitrogens with zero attached hydrogens (tertiary/aromatic N) is 2. The smallest absolute Gasteiger partial charge is 0.310 e. The maximum absolute atomic E-state index is 11.8. The minimum Gasteiger partial charge on any atom is -0.490 e. The molecule has 0 fully saturated rings. The van der Waals surface area contributed by atoms with Crippen molar-refractivity contribution in [3.8, 4) is 17.1 Å². The summed E-state index contributed by atoms with van der Waals surface area (Å²) in [4.78, 5) is 20.6. The first-order chi connectivity index (χ1) is 17.2. The summed E-state index contributed by atoms with van der Waals surface area (Å²) in [7, 11) is 0. The fraction of sp³-hybridized carbons (Fsp3) is 0.621. The number of rotatable bonds is 20. The molecule has 0 saturated carbocycles. The van der Waals surface area contributed by atoms with E-state index in [2.05, 4.69) is 23.8 Å². The lowest BCUT2D eigenvalue weighted by molar-refractivity contribution is -0.139. The summed E-state index contributed by atoms with van der Waals surface area (Å²) < 4.78 is 11.4. The third-order valence-corrected chi connectivity index (χ3v) is 6.19. The zero-order valence-corrected chi connectivity index (χ0v) is 21.7. The van der Waals surface area contributed by atoms with Gasteiger partial charge in [0.05, 0.1) is 24.9 Å². The lowest BCUT2D eigenvalue weighted by Gasteiger charge is -2.13. The predicted molar refractivity (Wildman–Crippen MR) is 141 cm³/mol. The first-order valence-electron chi connectivity index (χ1n) is 13.5. The molecule has 0 radical (unpaired) electrons. The topological polar surface area (TPSA) is 81.5 Å². The van der Waals surface area contributed by atoms with Crippen LogP contribution < -0.4 is 4.74 Å². The van der Waals surface area contributed by atoms with Crippen LogP contribution in [0.2, 0.25) is 0 Å². The van der Waals surface area contributed by atoms with Crippen LogP contribution in [-0.2, 0) is 9.53 Å². The van der Waals surface area contributed by atoms with Crippen molar-refractivity contribution in [1.29, 1.82) is 0 Å². The van der Waals surface area contributed by atoms with E-state index in [1.54, 1.807) is 12.4 Å². The Labute approximate surface area is 211 Å². The molecule has 0 saturated heterocycles. The largest absolute Gasteiger partial charge is 0.490 e. The van der Waals surface area contributed by atoms with Crippen LogP contribution in [0.25, 0.3) is 11.4 Å². The predicted octanol–water partition coefficient (Wildman–Crippen LogP) is 7.43. The number of unbranched alkanes of at least 4 members (excludes halogenated alkanes) is 8. The van der Waals surface area contributed by atoms with Crippen molar-refractivity contribution in [1.82, 2.24) is 9.97 Å². The average molecular weight is 485 g/mol. The Kier molecular flexibility index (Phi) is 14.7. The van der Waals surface area contributed by atoms with Gasteiger partial charge in [0, 0.05) is 18.8 Å². The number of benzene rings is 1. The van der Waals surface area contributed by atoms with Gasteiger partial charge in [0.2, 0.25) is 0 Å². The van der Waals surface area contributed by atoms with Gasteiger partial charge in [0.1, 0.15) is 0 Å². The van der Waals surface area contributed by atoms with Crippen LogP contribution in [0.3, 0.4) is 0 Å². The molecule has 0 amide bonds. The SMILES string of the molecule is CCCCCCCC(C(=O)O)c1ccc(-c2ncc(OCCCCOCCCCCC)cn2)cc1. The molecule has 0 aliphatic rings. The Morgan fingerprint density at radius 2 is 1.37 bits per heavy atom. The molecule has 1 N–H and O–H groups in total. The summed E-state index contributed by atoms with van der Waals surface area (Å²) in [5.74, 6) is 0.0324. The summed E-state index contributed by atoms with van der Waals surface area (Å²) in [6.07, 6.45) is 16.5. The summed E-state index contributed by atoms with van der Waals surface area (Å²) in [5.41, 5.74) is 1.70. The number of ether oxygens (including phenoxy) is 2. The first kappa shape index (κ1) is 28.8. The van der Waals surface area contributed by atoms with Crippen LogP contribution in [0.1, 0.15) is 102 Å². The maximum atomic E-state index is 11.8. The molecule has 2 rings (SSSR count). The van der Waals surface area contributed by atoms with E-state index in [0.29, 0.717) is 24.6 Å². The van der Waals surface area contributed by atoms with E-state index in [4.69, 9.17) is 9.47 Å². The number of hydrogen-bond donors (Lipinski definition) is 1. The van der Waals surface area contributed by atoms with Crippen molar-refractivity contribution in [2.24, 2.45) is 0 Å². The molecular weight excluding hydrogens is 440 g/mol. The molecule has 0 spiro atoms. The summed E-state index contributed by atoms with van der Waals surface area (Å²) in [6.45, 7) is 6.65. The number of carbonyl (C=O) groups is 1. The Hall–Kier alpha value is -2.47. The molecule has 1 heterocycles. The van der Waals surface area contributed by atoms with E-state index in [1.807, 2.05) is 24.3 Å². The fourth-order valence-corrected chi connectivity index (χ4v) is 4.02. The minimum absolute atomic E-state index is 0.464. The Bertz CT molecular complexity index is 808. The molecule has 2 aromatic rings. The van der Waals surface area contributed by atoms with Gasteiger partial charge in [-0.3, -0.25) is 4.79 Å². The average Bonchev–Trinajstić information content (AvgIpc) is 2.88. The standard InChI is InChI=1S/C29H44N2O4/c1-3-5-7-9-10-14-27(29(32)33)24-15-17-25(18-16-24)28-30-22-26(23-31-28)35-21-13-12-20-34-19-11-8-6-4-2/h15-18,22-23,27H,3-14,19-21H2,1-2H3,(H,32,33). The molecule has 6 nitrogen and oxygen atoms in total. The van der Waals surface area contributed by atoms with Gasteiger partial charge < -0.3 is 14.6 Å². The third kappa shape index (κ3) is 11.7. The number of aromatic nitrogens is 2. The lowest BCUT2D eigenvalue weighted by Crippen LogP contribution is -2.11. The Morgan fingerprint density at radius 3 is 2.00 bits per heavy atom. The van der Waals surface area contributed by atoms with Crippen molar-refractivity contribution in [3.05, 3.63) is 42.2 Å². The van der Waals surface area contributed by atoms with Crippen molar-refractivity contribution in [2.45, 2.75) is 96.8 Å². The van der Waals surface area contributed by atoms with Gasteiger partial charge in [0.15, 0.2) is 11.6 Å². The quantitative estimate of drug-likeness (QED) is 0.197. The van der Waals surface area contributed by atoms with E-state index in [9.17, 15) is 9.90 Å². The van der Waals surface area contributed by atoms with Gasteiger partial charge in [-0.25, -0.2) is 9.97 Å². The molecular formula is C29H44N2O4.